The summed E-state index contributed by atoms with van der Waals surface area (Å²) in [5.41, 5.74) is 0. The molecule has 1 N–H and O–H groups in total. The minimum Gasteiger partial charge on any atom is -0.377 e. The molecular weight excluding hydrogens is 200 g/mol. The summed E-state index contributed by atoms with van der Waals surface area (Å²) in [6.07, 6.45) is 4.23. The van der Waals surface area contributed by atoms with Gasteiger partial charge in [0.15, 0.2) is 0 Å². The zero-order chi connectivity index (χ0) is 11.5. The summed E-state index contributed by atoms with van der Waals surface area (Å²) >= 11 is 0. The van der Waals surface area contributed by atoms with Crippen molar-refractivity contribution in [2.75, 3.05) is 19.7 Å². The fourth-order valence-corrected chi connectivity index (χ4v) is 3.31. The van der Waals surface area contributed by atoms with E-state index < -0.39 is 0 Å². The van der Waals surface area contributed by atoms with Crippen LogP contribution < -0.4 is 5.32 Å². The van der Waals surface area contributed by atoms with Gasteiger partial charge in [0.2, 0.25) is 0 Å². The molecule has 4 atom stereocenters. The highest BCUT2D eigenvalue weighted by Gasteiger charge is 2.35. The molecule has 0 aliphatic carbocycles. The number of rotatable bonds is 3. The first-order chi connectivity index (χ1) is 7.72. The van der Waals surface area contributed by atoms with Crippen molar-refractivity contribution < 1.29 is 4.74 Å². The molecule has 2 aliphatic rings. The van der Waals surface area contributed by atoms with Crippen LogP contribution in [-0.2, 0) is 4.74 Å². The summed E-state index contributed by atoms with van der Waals surface area (Å²) in [5.74, 6) is 0. The lowest BCUT2D eigenvalue weighted by atomic mass is 9.95. The monoisotopic (exact) mass is 226 g/mol. The average Bonchev–Trinajstić information content (AvgIpc) is 2.65. The Morgan fingerprint density at radius 2 is 2.12 bits per heavy atom. The van der Waals surface area contributed by atoms with E-state index in [0.29, 0.717) is 18.2 Å². The van der Waals surface area contributed by atoms with Crippen LogP contribution >= 0.6 is 0 Å². The Labute approximate surface area is 99.5 Å². The molecule has 2 saturated heterocycles. The van der Waals surface area contributed by atoms with Gasteiger partial charge in [-0.05, 0) is 39.7 Å². The van der Waals surface area contributed by atoms with Gasteiger partial charge in [-0.2, -0.15) is 0 Å². The summed E-state index contributed by atoms with van der Waals surface area (Å²) in [4.78, 5) is 2.67. The molecule has 2 rings (SSSR count). The van der Waals surface area contributed by atoms with E-state index in [1.807, 2.05) is 0 Å². The van der Waals surface area contributed by atoms with E-state index in [0.717, 1.165) is 19.2 Å². The van der Waals surface area contributed by atoms with Crippen LogP contribution in [0.15, 0.2) is 0 Å². The molecule has 0 spiro atoms. The van der Waals surface area contributed by atoms with Gasteiger partial charge in [-0.3, -0.25) is 4.90 Å². The second kappa shape index (κ2) is 5.48. The smallest absolute Gasteiger partial charge is 0.0703 e. The van der Waals surface area contributed by atoms with E-state index in [1.165, 1.54) is 25.8 Å². The lowest BCUT2D eigenvalue weighted by Gasteiger charge is -2.42. The van der Waals surface area contributed by atoms with Crippen LogP contribution in [0.4, 0.5) is 0 Å². The zero-order valence-electron chi connectivity index (χ0n) is 10.9. The molecule has 16 heavy (non-hydrogen) atoms. The lowest BCUT2D eigenvalue weighted by molar-refractivity contribution is 0.0354. The largest absolute Gasteiger partial charge is 0.377 e. The van der Waals surface area contributed by atoms with Crippen LogP contribution in [0.2, 0.25) is 0 Å². The van der Waals surface area contributed by atoms with Gasteiger partial charge in [0.05, 0.1) is 6.10 Å². The zero-order valence-corrected chi connectivity index (χ0v) is 10.9. The van der Waals surface area contributed by atoms with Gasteiger partial charge in [0.25, 0.3) is 0 Å². The number of nitrogens with one attached hydrogen (secondary N) is 1. The molecular formula is C13H26N2O. The molecule has 0 aromatic carbocycles. The topological polar surface area (TPSA) is 24.5 Å². The molecule has 94 valence electrons. The van der Waals surface area contributed by atoms with Crippen LogP contribution in [0.3, 0.4) is 0 Å². The quantitative estimate of drug-likeness (QED) is 0.791. The Morgan fingerprint density at radius 1 is 1.31 bits per heavy atom. The van der Waals surface area contributed by atoms with Crippen molar-refractivity contribution in [3.63, 3.8) is 0 Å². The van der Waals surface area contributed by atoms with E-state index in [2.05, 4.69) is 31.0 Å². The van der Waals surface area contributed by atoms with E-state index in [-0.39, 0.29) is 0 Å². The molecule has 0 aromatic rings. The predicted molar refractivity (Wildman–Crippen MR) is 66.7 cm³/mol. The molecule has 0 bridgehead atoms. The van der Waals surface area contributed by atoms with Crippen molar-refractivity contribution in [3.8, 4) is 0 Å². The van der Waals surface area contributed by atoms with Crippen molar-refractivity contribution in [1.82, 2.24) is 10.2 Å². The van der Waals surface area contributed by atoms with E-state index in [9.17, 15) is 0 Å². The average molecular weight is 226 g/mol. The van der Waals surface area contributed by atoms with Crippen molar-refractivity contribution >= 4 is 0 Å². The molecule has 2 fully saturated rings. The highest BCUT2D eigenvalue weighted by atomic mass is 16.5. The van der Waals surface area contributed by atoms with Gasteiger partial charge < -0.3 is 10.1 Å². The lowest BCUT2D eigenvalue weighted by Crippen LogP contribution is -2.53. The molecule has 0 saturated carbocycles. The maximum absolute atomic E-state index is 5.68. The van der Waals surface area contributed by atoms with E-state index >= 15 is 0 Å². The number of piperidine rings is 1. The molecule has 2 heterocycles. The third-order valence-electron chi connectivity index (χ3n) is 4.18. The summed E-state index contributed by atoms with van der Waals surface area (Å²) in [7, 11) is 0. The predicted octanol–water partition coefficient (Wildman–Crippen LogP) is 1.63. The highest BCUT2D eigenvalue weighted by molar-refractivity contribution is 4.90. The van der Waals surface area contributed by atoms with Crippen LogP contribution in [0, 0.1) is 0 Å². The standard InChI is InChI=1S/C13H26N2O/c1-4-14-12-5-7-15(10(2)9-12)13-6-8-16-11(13)3/h10-14H,4-9H2,1-3H3. The van der Waals surface area contributed by atoms with E-state index in [1.54, 1.807) is 0 Å². The molecule has 0 aromatic heterocycles. The minimum atomic E-state index is 0.429. The Balaban J connectivity index is 1.88. The SMILES string of the molecule is CCNC1CCN(C2CCOC2C)C(C)C1. The van der Waals surface area contributed by atoms with Crippen molar-refractivity contribution in [3.05, 3.63) is 0 Å². The van der Waals surface area contributed by atoms with E-state index in [4.69, 9.17) is 4.74 Å². The number of hydrogen-bond donors (Lipinski definition) is 1. The highest BCUT2D eigenvalue weighted by Crippen LogP contribution is 2.27. The Hall–Kier alpha value is -0.120. The summed E-state index contributed by atoms with van der Waals surface area (Å²) in [6, 6.07) is 2.10. The number of hydrogen-bond acceptors (Lipinski definition) is 3. The third-order valence-corrected chi connectivity index (χ3v) is 4.18. The Kier molecular flexibility index (Phi) is 4.22. The second-order valence-electron chi connectivity index (χ2n) is 5.30. The summed E-state index contributed by atoms with van der Waals surface area (Å²) in [5, 5.41) is 3.58. The van der Waals surface area contributed by atoms with Crippen molar-refractivity contribution in [1.29, 1.82) is 0 Å². The first kappa shape index (κ1) is 12.3. The Morgan fingerprint density at radius 3 is 2.69 bits per heavy atom. The molecule has 0 radical (unpaired) electrons. The maximum atomic E-state index is 5.68. The van der Waals surface area contributed by atoms with Crippen LogP contribution in [0.1, 0.15) is 40.0 Å². The second-order valence-corrected chi connectivity index (χ2v) is 5.30. The van der Waals surface area contributed by atoms with Gasteiger partial charge in [-0.1, -0.05) is 6.92 Å². The van der Waals surface area contributed by atoms with Crippen LogP contribution in [-0.4, -0.2) is 48.8 Å². The number of likely N-dealkylation sites (tertiary alicyclic amines) is 1. The van der Waals surface area contributed by atoms with Crippen molar-refractivity contribution in [2.45, 2.75) is 64.3 Å². The first-order valence-corrected chi connectivity index (χ1v) is 6.83. The number of nitrogens with zero attached hydrogens (tertiary/aromatic N) is 1. The molecule has 3 heteroatoms. The van der Waals surface area contributed by atoms with Gasteiger partial charge in [0.1, 0.15) is 0 Å². The first-order valence-electron chi connectivity index (χ1n) is 6.83. The summed E-state index contributed by atoms with van der Waals surface area (Å²) in [6.45, 7) is 10.1. The summed E-state index contributed by atoms with van der Waals surface area (Å²) < 4.78 is 5.68. The van der Waals surface area contributed by atoms with Gasteiger partial charge in [0, 0.05) is 31.3 Å². The van der Waals surface area contributed by atoms with Crippen LogP contribution in [0.5, 0.6) is 0 Å². The minimum absolute atomic E-state index is 0.429. The molecule has 0 amide bonds. The van der Waals surface area contributed by atoms with Gasteiger partial charge in [-0.15, -0.1) is 0 Å². The molecule has 3 nitrogen and oxygen atoms in total. The Bertz CT molecular complexity index is 222. The normalized spacial score (nSPS) is 41.4. The van der Waals surface area contributed by atoms with Crippen molar-refractivity contribution in [2.24, 2.45) is 0 Å². The fourth-order valence-electron chi connectivity index (χ4n) is 3.31. The number of ether oxygens (including phenoxy) is 1. The van der Waals surface area contributed by atoms with Gasteiger partial charge in [-0.25, -0.2) is 0 Å². The van der Waals surface area contributed by atoms with Gasteiger partial charge >= 0.3 is 0 Å². The van der Waals surface area contributed by atoms with Crippen LogP contribution in [0.25, 0.3) is 0 Å². The maximum Gasteiger partial charge on any atom is 0.0703 e. The molecule has 4 unspecified atom stereocenters. The fraction of sp³-hybridized carbons (Fsp3) is 1.00. The third kappa shape index (κ3) is 2.58. The molecule has 2 aliphatic heterocycles.